The molecule has 0 radical (unpaired) electrons. The van der Waals surface area contributed by atoms with E-state index < -0.39 is 46.5 Å². The molecule has 158 valence electrons. The average molecular weight is 417 g/mol. The summed E-state index contributed by atoms with van der Waals surface area (Å²) in [4.78, 5) is 39.5. The van der Waals surface area contributed by atoms with Gasteiger partial charge in [-0.05, 0) is 38.5 Å². The van der Waals surface area contributed by atoms with Crippen molar-refractivity contribution in [2.24, 2.45) is 0 Å². The number of benzene rings is 2. The number of anilines is 1. The monoisotopic (exact) mass is 417 g/mol. The molecule has 3 rings (SSSR count). The van der Waals surface area contributed by atoms with E-state index in [1.54, 1.807) is 51.1 Å². The molecule has 4 amide bonds. The van der Waals surface area contributed by atoms with Gasteiger partial charge in [0.2, 0.25) is 0 Å². The maximum atomic E-state index is 14.0. The highest BCUT2D eigenvalue weighted by Crippen LogP contribution is 2.36. The second-order valence-electron chi connectivity index (χ2n) is 7.75. The lowest BCUT2D eigenvalue weighted by atomic mass is 9.89. The number of esters is 1. The second-order valence-corrected chi connectivity index (χ2v) is 7.75. The molecular formula is C21H21F2N3O4. The Morgan fingerprint density at radius 2 is 1.77 bits per heavy atom. The summed E-state index contributed by atoms with van der Waals surface area (Å²) in [5.41, 5.74) is -2.88. The van der Waals surface area contributed by atoms with Crippen LogP contribution in [0.4, 0.5) is 24.1 Å². The lowest BCUT2D eigenvalue weighted by Crippen LogP contribution is -2.56. The van der Waals surface area contributed by atoms with Crippen LogP contribution in [0.5, 0.6) is 0 Å². The summed E-state index contributed by atoms with van der Waals surface area (Å²) in [6.45, 7) is 4.71. The number of hydrogen-bond acceptors (Lipinski definition) is 4. The van der Waals surface area contributed by atoms with Crippen LogP contribution in [-0.4, -0.2) is 35.1 Å². The zero-order valence-corrected chi connectivity index (χ0v) is 16.7. The zero-order chi connectivity index (χ0) is 22.1. The Bertz CT molecular complexity index is 991. The number of halogens is 2. The summed E-state index contributed by atoms with van der Waals surface area (Å²) in [6.07, 6.45) is 0. The highest BCUT2D eigenvalue weighted by molar-refractivity contribution is 6.07. The Labute approximate surface area is 172 Å². The number of rotatable bonds is 3. The number of carbonyl (C=O) groups is 3. The Morgan fingerprint density at radius 3 is 2.40 bits per heavy atom. The number of imide groups is 1. The van der Waals surface area contributed by atoms with E-state index in [0.29, 0.717) is 10.5 Å². The molecule has 0 spiro atoms. The van der Waals surface area contributed by atoms with E-state index in [0.717, 1.165) is 12.1 Å². The largest absolute Gasteiger partial charge is 0.458 e. The number of ether oxygens (including phenoxy) is 1. The standard InChI is InChI=1S/C21H21F2N3O4/c1-20(2,3)30-17(27)21(13-8-5-4-6-9-13)12-24-18(28)26(21)19(29)25-15-11-7-10-14(22)16(15)23/h4-11H,12H2,1-3H3,(H,24,28)(H,25,29). The fourth-order valence-corrected chi connectivity index (χ4v) is 3.16. The Hall–Kier alpha value is -3.49. The topological polar surface area (TPSA) is 87.7 Å². The third-order valence-corrected chi connectivity index (χ3v) is 4.46. The number of urea groups is 2. The first-order valence-electron chi connectivity index (χ1n) is 9.18. The van der Waals surface area contributed by atoms with Gasteiger partial charge in [-0.15, -0.1) is 0 Å². The van der Waals surface area contributed by atoms with E-state index in [4.69, 9.17) is 4.74 Å². The molecule has 0 aliphatic carbocycles. The molecule has 0 bridgehead atoms. The van der Waals surface area contributed by atoms with Gasteiger partial charge >= 0.3 is 18.0 Å². The summed E-state index contributed by atoms with van der Waals surface area (Å²) in [5.74, 6) is -3.29. The van der Waals surface area contributed by atoms with Crippen LogP contribution in [0.25, 0.3) is 0 Å². The summed E-state index contributed by atoms with van der Waals surface area (Å²) in [7, 11) is 0. The minimum Gasteiger partial charge on any atom is -0.458 e. The second kappa shape index (κ2) is 7.74. The fourth-order valence-electron chi connectivity index (χ4n) is 3.16. The van der Waals surface area contributed by atoms with Crippen LogP contribution >= 0.6 is 0 Å². The molecule has 2 aromatic carbocycles. The third kappa shape index (κ3) is 3.83. The highest BCUT2D eigenvalue weighted by Gasteiger charge is 2.57. The quantitative estimate of drug-likeness (QED) is 0.745. The molecule has 0 aromatic heterocycles. The van der Waals surface area contributed by atoms with E-state index in [1.165, 1.54) is 6.07 Å². The third-order valence-electron chi connectivity index (χ3n) is 4.46. The van der Waals surface area contributed by atoms with E-state index in [-0.39, 0.29) is 6.54 Å². The molecule has 2 aromatic rings. The van der Waals surface area contributed by atoms with Gasteiger partial charge in [-0.1, -0.05) is 36.4 Å². The molecule has 1 atom stereocenters. The van der Waals surface area contributed by atoms with Crippen LogP contribution in [0.2, 0.25) is 0 Å². The first-order chi connectivity index (χ1) is 14.1. The van der Waals surface area contributed by atoms with Crippen LogP contribution < -0.4 is 10.6 Å². The zero-order valence-electron chi connectivity index (χ0n) is 16.7. The fraction of sp³-hybridized carbons (Fsp3) is 0.286. The van der Waals surface area contributed by atoms with Crippen LogP contribution in [-0.2, 0) is 15.1 Å². The molecule has 7 nitrogen and oxygen atoms in total. The smallest absolute Gasteiger partial charge is 0.339 e. The van der Waals surface area contributed by atoms with Crippen LogP contribution in [0, 0.1) is 11.6 Å². The number of amides is 4. The van der Waals surface area contributed by atoms with Crippen LogP contribution in [0.1, 0.15) is 26.3 Å². The van der Waals surface area contributed by atoms with Crippen molar-refractivity contribution in [3.8, 4) is 0 Å². The predicted molar refractivity (Wildman–Crippen MR) is 105 cm³/mol. The summed E-state index contributed by atoms with van der Waals surface area (Å²) in [5, 5.41) is 4.64. The van der Waals surface area contributed by atoms with E-state index in [2.05, 4.69) is 10.6 Å². The summed E-state index contributed by atoms with van der Waals surface area (Å²) >= 11 is 0. The molecule has 1 unspecified atom stereocenters. The molecule has 1 fully saturated rings. The number of nitrogens with zero attached hydrogens (tertiary/aromatic N) is 1. The lowest BCUT2D eigenvalue weighted by Gasteiger charge is -2.36. The Balaban J connectivity index is 2.07. The van der Waals surface area contributed by atoms with Crippen molar-refractivity contribution in [1.82, 2.24) is 10.2 Å². The number of hydrogen-bond donors (Lipinski definition) is 2. The van der Waals surface area contributed by atoms with Crippen molar-refractivity contribution >= 4 is 23.7 Å². The number of carbonyl (C=O) groups excluding carboxylic acids is 3. The van der Waals surface area contributed by atoms with Crippen molar-refractivity contribution in [3.63, 3.8) is 0 Å². The van der Waals surface area contributed by atoms with E-state index in [9.17, 15) is 23.2 Å². The molecule has 1 heterocycles. The van der Waals surface area contributed by atoms with Gasteiger partial charge in [0.1, 0.15) is 5.60 Å². The van der Waals surface area contributed by atoms with Gasteiger partial charge in [-0.2, -0.15) is 0 Å². The summed E-state index contributed by atoms with van der Waals surface area (Å²) < 4.78 is 33.1. The van der Waals surface area contributed by atoms with Crippen molar-refractivity contribution in [3.05, 3.63) is 65.7 Å². The molecule has 0 saturated carbocycles. The minimum absolute atomic E-state index is 0.246. The molecule has 2 N–H and O–H groups in total. The molecular weight excluding hydrogens is 396 g/mol. The van der Waals surface area contributed by atoms with E-state index >= 15 is 0 Å². The average Bonchev–Trinajstić information content (AvgIpc) is 3.03. The molecule has 9 heteroatoms. The SMILES string of the molecule is CC(C)(C)OC(=O)C1(c2ccccc2)CNC(=O)N1C(=O)Nc1cccc(F)c1F. The number of nitrogens with one attached hydrogen (secondary N) is 2. The first kappa shape index (κ1) is 21.2. The first-order valence-corrected chi connectivity index (χ1v) is 9.18. The van der Waals surface area contributed by atoms with Crippen molar-refractivity contribution in [2.75, 3.05) is 11.9 Å². The molecule has 1 saturated heterocycles. The maximum Gasteiger partial charge on any atom is 0.339 e. The Morgan fingerprint density at radius 1 is 1.10 bits per heavy atom. The Kier molecular flexibility index (Phi) is 5.47. The molecule has 1 aliphatic heterocycles. The van der Waals surface area contributed by atoms with Gasteiger partial charge < -0.3 is 15.4 Å². The van der Waals surface area contributed by atoms with Crippen molar-refractivity contribution < 1.29 is 27.9 Å². The van der Waals surface area contributed by atoms with Gasteiger partial charge in [-0.3, -0.25) is 0 Å². The van der Waals surface area contributed by atoms with Crippen molar-refractivity contribution in [2.45, 2.75) is 31.9 Å². The van der Waals surface area contributed by atoms with Crippen molar-refractivity contribution in [1.29, 1.82) is 0 Å². The van der Waals surface area contributed by atoms with Crippen LogP contribution in [0.3, 0.4) is 0 Å². The summed E-state index contributed by atoms with van der Waals surface area (Å²) in [6, 6.07) is 9.41. The van der Waals surface area contributed by atoms with Gasteiger partial charge in [0.05, 0.1) is 12.2 Å². The molecule has 1 aliphatic rings. The normalized spacial score (nSPS) is 18.7. The van der Waals surface area contributed by atoms with Gasteiger partial charge in [0, 0.05) is 0 Å². The lowest BCUT2D eigenvalue weighted by molar-refractivity contribution is -0.165. The molecule has 30 heavy (non-hydrogen) atoms. The van der Waals surface area contributed by atoms with Gasteiger partial charge in [0.15, 0.2) is 17.2 Å². The predicted octanol–water partition coefficient (Wildman–Crippen LogP) is 3.76. The van der Waals surface area contributed by atoms with E-state index in [1.807, 2.05) is 0 Å². The highest BCUT2D eigenvalue weighted by atomic mass is 19.2. The minimum atomic E-state index is -1.83. The van der Waals surface area contributed by atoms with Crippen LogP contribution in [0.15, 0.2) is 48.5 Å². The van der Waals surface area contributed by atoms with Gasteiger partial charge in [-0.25, -0.2) is 28.1 Å². The van der Waals surface area contributed by atoms with Gasteiger partial charge in [0.25, 0.3) is 0 Å². The maximum absolute atomic E-state index is 14.0.